The standard InChI is InChI=1S/C22H18N4O3/c1-14-9-18(22(27)23-12-15-7-8-19-20(10-15)29-13-28-19)26-21(24-14)11-17(25-26)16-5-3-2-4-6-16/h2-11H,12-13H2,1H3,(H,23,27). The highest BCUT2D eigenvalue weighted by molar-refractivity contribution is 5.93. The number of ether oxygens (including phenoxy) is 2. The average Bonchev–Trinajstić information content (AvgIpc) is 3.38. The molecule has 0 bridgehead atoms. The number of nitrogens with zero attached hydrogens (tertiary/aromatic N) is 3. The highest BCUT2D eigenvalue weighted by Gasteiger charge is 2.17. The van der Waals surface area contributed by atoms with Crippen molar-refractivity contribution in [3.8, 4) is 22.8 Å². The molecule has 0 radical (unpaired) electrons. The Balaban J connectivity index is 1.43. The van der Waals surface area contributed by atoms with E-state index >= 15 is 0 Å². The zero-order valence-electron chi connectivity index (χ0n) is 15.8. The Morgan fingerprint density at radius 2 is 1.90 bits per heavy atom. The lowest BCUT2D eigenvalue weighted by Crippen LogP contribution is -2.25. The third-order valence-corrected chi connectivity index (χ3v) is 4.75. The monoisotopic (exact) mass is 386 g/mol. The topological polar surface area (TPSA) is 77.8 Å². The van der Waals surface area contributed by atoms with E-state index in [0.29, 0.717) is 23.6 Å². The molecule has 1 amide bonds. The number of hydrogen-bond acceptors (Lipinski definition) is 5. The van der Waals surface area contributed by atoms with Crippen LogP contribution in [0.4, 0.5) is 0 Å². The van der Waals surface area contributed by atoms with Crippen LogP contribution in [0.25, 0.3) is 16.9 Å². The van der Waals surface area contributed by atoms with Crippen molar-refractivity contribution in [2.24, 2.45) is 0 Å². The molecule has 3 heterocycles. The molecule has 2 aromatic heterocycles. The molecule has 7 nitrogen and oxygen atoms in total. The van der Waals surface area contributed by atoms with Gasteiger partial charge in [0.2, 0.25) is 6.79 Å². The number of benzene rings is 2. The van der Waals surface area contributed by atoms with Gasteiger partial charge in [0, 0.05) is 23.9 Å². The molecule has 1 N–H and O–H groups in total. The molecular formula is C22H18N4O3. The van der Waals surface area contributed by atoms with Gasteiger partial charge in [-0.25, -0.2) is 9.50 Å². The minimum Gasteiger partial charge on any atom is -0.454 e. The van der Waals surface area contributed by atoms with Crippen LogP contribution in [-0.4, -0.2) is 27.3 Å². The lowest BCUT2D eigenvalue weighted by Gasteiger charge is -2.08. The molecule has 0 spiro atoms. The Hall–Kier alpha value is -3.87. The molecule has 7 heteroatoms. The van der Waals surface area contributed by atoms with Crippen LogP contribution in [0.1, 0.15) is 21.7 Å². The Bertz CT molecular complexity index is 1220. The molecule has 1 aliphatic heterocycles. The van der Waals surface area contributed by atoms with Crippen LogP contribution in [-0.2, 0) is 6.54 Å². The molecule has 0 aliphatic carbocycles. The van der Waals surface area contributed by atoms with E-state index in [-0.39, 0.29) is 12.7 Å². The maximum absolute atomic E-state index is 12.9. The van der Waals surface area contributed by atoms with Gasteiger partial charge in [0.15, 0.2) is 17.1 Å². The number of carbonyl (C=O) groups is 1. The van der Waals surface area contributed by atoms with Crippen molar-refractivity contribution in [3.63, 3.8) is 0 Å². The molecule has 0 fully saturated rings. The number of nitrogens with one attached hydrogen (secondary N) is 1. The quantitative estimate of drug-likeness (QED) is 0.582. The van der Waals surface area contributed by atoms with E-state index in [2.05, 4.69) is 15.4 Å². The minimum atomic E-state index is -0.221. The van der Waals surface area contributed by atoms with Crippen LogP contribution >= 0.6 is 0 Å². The predicted octanol–water partition coefficient (Wildman–Crippen LogP) is 3.36. The van der Waals surface area contributed by atoms with Crippen LogP contribution in [0, 0.1) is 6.92 Å². The normalized spacial score (nSPS) is 12.3. The maximum Gasteiger partial charge on any atom is 0.270 e. The van der Waals surface area contributed by atoms with Gasteiger partial charge in [0.25, 0.3) is 5.91 Å². The minimum absolute atomic E-state index is 0.221. The molecule has 0 atom stereocenters. The van der Waals surface area contributed by atoms with E-state index in [1.165, 1.54) is 0 Å². The summed E-state index contributed by atoms with van der Waals surface area (Å²) in [5, 5.41) is 7.56. The van der Waals surface area contributed by atoms with Gasteiger partial charge in [-0.05, 0) is 30.7 Å². The van der Waals surface area contributed by atoms with Crippen molar-refractivity contribution in [2.45, 2.75) is 13.5 Å². The predicted molar refractivity (Wildman–Crippen MR) is 107 cm³/mol. The summed E-state index contributed by atoms with van der Waals surface area (Å²) in [4.78, 5) is 17.4. The Morgan fingerprint density at radius 1 is 1.07 bits per heavy atom. The highest BCUT2D eigenvalue weighted by Crippen LogP contribution is 2.32. The Kier molecular flexibility index (Phi) is 4.13. The molecule has 1 aliphatic rings. The van der Waals surface area contributed by atoms with Crippen LogP contribution in [0.3, 0.4) is 0 Å². The first-order valence-electron chi connectivity index (χ1n) is 9.27. The van der Waals surface area contributed by atoms with Gasteiger partial charge in [0.05, 0.1) is 5.69 Å². The van der Waals surface area contributed by atoms with E-state index in [1.807, 2.05) is 61.5 Å². The zero-order chi connectivity index (χ0) is 19.8. The number of hydrogen-bond donors (Lipinski definition) is 1. The van der Waals surface area contributed by atoms with Gasteiger partial charge in [0.1, 0.15) is 5.69 Å². The van der Waals surface area contributed by atoms with Gasteiger partial charge >= 0.3 is 0 Å². The number of aryl methyl sites for hydroxylation is 1. The third kappa shape index (κ3) is 3.27. The van der Waals surface area contributed by atoms with E-state index in [1.54, 1.807) is 10.6 Å². The van der Waals surface area contributed by atoms with Crippen molar-refractivity contribution < 1.29 is 14.3 Å². The fourth-order valence-corrected chi connectivity index (χ4v) is 3.34. The largest absolute Gasteiger partial charge is 0.454 e. The van der Waals surface area contributed by atoms with Crippen LogP contribution in [0.5, 0.6) is 11.5 Å². The van der Waals surface area contributed by atoms with Crippen molar-refractivity contribution in [1.29, 1.82) is 0 Å². The summed E-state index contributed by atoms with van der Waals surface area (Å²) < 4.78 is 12.3. The van der Waals surface area contributed by atoms with Crippen LogP contribution < -0.4 is 14.8 Å². The first kappa shape index (κ1) is 17.2. The SMILES string of the molecule is Cc1cc(C(=O)NCc2ccc3c(c2)OCO3)n2nc(-c3ccccc3)cc2n1. The lowest BCUT2D eigenvalue weighted by molar-refractivity contribution is 0.0943. The maximum atomic E-state index is 12.9. The Morgan fingerprint density at radius 3 is 2.76 bits per heavy atom. The van der Waals surface area contributed by atoms with Gasteiger partial charge < -0.3 is 14.8 Å². The van der Waals surface area contributed by atoms with Gasteiger partial charge in [-0.15, -0.1) is 0 Å². The molecule has 2 aromatic carbocycles. The zero-order valence-corrected chi connectivity index (χ0v) is 15.8. The van der Waals surface area contributed by atoms with Gasteiger partial charge in [-0.3, -0.25) is 4.79 Å². The fourth-order valence-electron chi connectivity index (χ4n) is 3.34. The van der Waals surface area contributed by atoms with Gasteiger partial charge in [-0.1, -0.05) is 36.4 Å². The van der Waals surface area contributed by atoms with Crippen molar-refractivity contribution >= 4 is 11.6 Å². The summed E-state index contributed by atoms with van der Waals surface area (Å²) in [6.45, 7) is 2.46. The van der Waals surface area contributed by atoms with Gasteiger partial charge in [-0.2, -0.15) is 5.10 Å². The second-order valence-corrected chi connectivity index (χ2v) is 6.82. The second kappa shape index (κ2) is 6.94. The summed E-state index contributed by atoms with van der Waals surface area (Å²) in [7, 11) is 0. The molecule has 0 unspecified atom stereocenters. The average molecular weight is 386 g/mol. The van der Waals surface area contributed by atoms with Crippen LogP contribution in [0.15, 0.2) is 60.7 Å². The summed E-state index contributed by atoms with van der Waals surface area (Å²) in [5.74, 6) is 1.19. The molecule has 0 saturated carbocycles. The second-order valence-electron chi connectivity index (χ2n) is 6.82. The smallest absolute Gasteiger partial charge is 0.270 e. The first-order valence-corrected chi connectivity index (χ1v) is 9.27. The summed E-state index contributed by atoms with van der Waals surface area (Å²) in [6, 6.07) is 19.1. The summed E-state index contributed by atoms with van der Waals surface area (Å²) >= 11 is 0. The number of aromatic nitrogens is 3. The van der Waals surface area contributed by atoms with E-state index < -0.39 is 0 Å². The highest BCUT2D eigenvalue weighted by atomic mass is 16.7. The van der Waals surface area contributed by atoms with Crippen molar-refractivity contribution in [2.75, 3.05) is 6.79 Å². The molecule has 0 saturated heterocycles. The third-order valence-electron chi connectivity index (χ3n) is 4.75. The van der Waals surface area contributed by atoms with Crippen molar-refractivity contribution in [3.05, 3.63) is 77.6 Å². The first-order chi connectivity index (χ1) is 14.2. The number of amides is 1. The van der Waals surface area contributed by atoms with Crippen molar-refractivity contribution in [1.82, 2.24) is 19.9 Å². The van der Waals surface area contributed by atoms with E-state index in [9.17, 15) is 4.79 Å². The number of fused-ring (bicyclic) bond motifs is 2. The molecule has 144 valence electrons. The number of carbonyl (C=O) groups excluding carboxylic acids is 1. The Labute approximate surface area is 166 Å². The summed E-state index contributed by atoms with van der Waals surface area (Å²) in [6.07, 6.45) is 0. The molecule has 29 heavy (non-hydrogen) atoms. The molecule has 5 rings (SSSR count). The van der Waals surface area contributed by atoms with Crippen LogP contribution in [0.2, 0.25) is 0 Å². The van der Waals surface area contributed by atoms with E-state index in [4.69, 9.17) is 9.47 Å². The molecule has 4 aromatic rings. The number of rotatable bonds is 4. The van der Waals surface area contributed by atoms with E-state index in [0.717, 1.165) is 28.3 Å². The fraction of sp³-hybridized carbons (Fsp3) is 0.136. The lowest BCUT2D eigenvalue weighted by atomic mass is 10.2. The molecular weight excluding hydrogens is 368 g/mol. The summed E-state index contributed by atoms with van der Waals surface area (Å²) in [5.41, 5.74) is 4.50.